The van der Waals surface area contributed by atoms with E-state index in [-0.39, 0.29) is 5.54 Å². The summed E-state index contributed by atoms with van der Waals surface area (Å²) < 4.78 is 0. The molecule has 2 fully saturated rings. The van der Waals surface area contributed by atoms with Crippen molar-refractivity contribution in [2.45, 2.75) is 31.7 Å². The molecule has 2 N–H and O–H groups in total. The van der Waals surface area contributed by atoms with Gasteiger partial charge in [-0.25, -0.2) is 0 Å². The fourth-order valence-electron chi connectivity index (χ4n) is 3.48. The second-order valence-electron chi connectivity index (χ2n) is 6.01. The minimum Gasteiger partial charge on any atom is -0.329 e. The third-order valence-electron chi connectivity index (χ3n) is 5.01. The van der Waals surface area contributed by atoms with Crippen LogP contribution in [0.15, 0.2) is 0 Å². The number of nitrogens with zero attached hydrogens (tertiary/aromatic N) is 3. The van der Waals surface area contributed by atoms with Gasteiger partial charge < -0.3 is 15.5 Å². The Morgan fingerprint density at radius 2 is 1.72 bits per heavy atom. The highest BCUT2D eigenvalue weighted by Gasteiger charge is 2.37. The maximum absolute atomic E-state index is 6.19. The molecule has 0 aliphatic carbocycles. The third-order valence-corrected chi connectivity index (χ3v) is 5.01. The van der Waals surface area contributed by atoms with Crippen LogP contribution in [0.4, 0.5) is 0 Å². The Balaban J connectivity index is 2.00. The highest BCUT2D eigenvalue weighted by atomic mass is 15.3. The first-order chi connectivity index (χ1) is 8.70. The Hall–Kier alpha value is -0.160. The molecule has 0 radical (unpaired) electrons. The van der Waals surface area contributed by atoms with E-state index in [1.54, 1.807) is 0 Å². The van der Waals surface area contributed by atoms with Crippen molar-refractivity contribution in [3.8, 4) is 0 Å². The molecule has 1 unspecified atom stereocenters. The molecule has 0 aromatic carbocycles. The normalized spacial score (nSPS) is 33.5. The minimum atomic E-state index is 0.283. The average molecular weight is 254 g/mol. The van der Waals surface area contributed by atoms with E-state index in [1.165, 1.54) is 65.1 Å². The predicted molar refractivity (Wildman–Crippen MR) is 76.8 cm³/mol. The van der Waals surface area contributed by atoms with E-state index < -0.39 is 0 Å². The van der Waals surface area contributed by atoms with Gasteiger partial charge in [-0.1, -0.05) is 6.92 Å². The van der Waals surface area contributed by atoms with Gasteiger partial charge in [0.25, 0.3) is 0 Å². The van der Waals surface area contributed by atoms with Gasteiger partial charge in [0.1, 0.15) is 0 Å². The molecule has 0 amide bonds. The van der Waals surface area contributed by atoms with Gasteiger partial charge in [0.2, 0.25) is 0 Å². The SMILES string of the molecule is CCN1CCCC(CN)(N2CCN(C)CC2)CC1. The average Bonchev–Trinajstić information content (AvgIpc) is 2.62. The number of hydrogen-bond acceptors (Lipinski definition) is 4. The van der Waals surface area contributed by atoms with Crippen molar-refractivity contribution >= 4 is 0 Å². The van der Waals surface area contributed by atoms with E-state index in [4.69, 9.17) is 5.73 Å². The molecule has 0 aromatic rings. The van der Waals surface area contributed by atoms with Crippen LogP contribution in [0.25, 0.3) is 0 Å². The molecule has 4 nitrogen and oxygen atoms in total. The Bertz CT molecular complexity index is 250. The summed E-state index contributed by atoms with van der Waals surface area (Å²) in [4.78, 5) is 7.69. The van der Waals surface area contributed by atoms with E-state index in [1.807, 2.05) is 0 Å². The Kier molecular flexibility index (Phi) is 5.01. The molecule has 4 heteroatoms. The maximum Gasteiger partial charge on any atom is 0.0345 e. The molecule has 0 spiro atoms. The molecule has 106 valence electrons. The van der Waals surface area contributed by atoms with E-state index in [2.05, 4.69) is 28.7 Å². The standard InChI is InChI=1S/C14H30N4/c1-3-17-7-4-5-14(13-15,6-8-17)18-11-9-16(2)10-12-18/h3-13,15H2,1-2H3. The van der Waals surface area contributed by atoms with Crippen LogP contribution >= 0.6 is 0 Å². The van der Waals surface area contributed by atoms with Crippen molar-refractivity contribution in [3.05, 3.63) is 0 Å². The number of likely N-dealkylation sites (tertiary alicyclic amines) is 1. The van der Waals surface area contributed by atoms with Gasteiger partial charge in [0.05, 0.1) is 0 Å². The number of piperazine rings is 1. The van der Waals surface area contributed by atoms with Crippen molar-refractivity contribution in [3.63, 3.8) is 0 Å². The highest BCUT2D eigenvalue weighted by Crippen LogP contribution is 2.29. The van der Waals surface area contributed by atoms with Crippen LogP contribution < -0.4 is 5.73 Å². The van der Waals surface area contributed by atoms with Crippen molar-refractivity contribution in [1.29, 1.82) is 0 Å². The Morgan fingerprint density at radius 3 is 2.33 bits per heavy atom. The van der Waals surface area contributed by atoms with E-state index >= 15 is 0 Å². The lowest BCUT2D eigenvalue weighted by atomic mass is 9.88. The first-order valence-corrected chi connectivity index (χ1v) is 7.56. The molecule has 2 aliphatic rings. The van der Waals surface area contributed by atoms with E-state index in [0.717, 1.165) is 6.54 Å². The quantitative estimate of drug-likeness (QED) is 0.793. The molecule has 0 saturated carbocycles. The van der Waals surface area contributed by atoms with Crippen molar-refractivity contribution < 1.29 is 0 Å². The van der Waals surface area contributed by atoms with Crippen LogP contribution in [-0.4, -0.2) is 79.6 Å². The second kappa shape index (κ2) is 6.33. The van der Waals surface area contributed by atoms with Crippen LogP contribution in [-0.2, 0) is 0 Å². The summed E-state index contributed by atoms with van der Waals surface area (Å²) in [6.45, 7) is 11.5. The number of likely N-dealkylation sites (N-methyl/N-ethyl adjacent to an activating group) is 1. The van der Waals surface area contributed by atoms with Crippen LogP contribution in [0, 0.1) is 0 Å². The molecule has 2 aliphatic heterocycles. The zero-order valence-electron chi connectivity index (χ0n) is 12.2. The summed E-state index contributed by atoms with van der Waals surface area (Å²) in [7, 11) is 2.22. The number of rotatable bonds is 3. The predicted octanol–water partition coefficient (Wildman–Crippen LogP) is 0.437. The topological polar surface area (TPSA) is 35.7 Å². The summed E-state index contributed by atoms with van der Waals surface area (Å²) >= 11 is 0. The smallest absolute Gasteiger partial charge is 0.0345 e. The van der Waals surface area contributed by atoms with Gasteiger partial charge in [-0.05, 0) is 45.9 Å². The van der Waals surface area contributed by atoms with Gasteiger partial charge in [0.15, 0.2) is 0 Å². The second-order valence-corrected chi connectivity index (χ2v) is 6.01. The van der Waals surface area contributed by atoms with Crippen LogP contribution in [0.5, 0.6) is 0 Å². The fourth-order valence-corrected chi connectivity index (χ4v) is 3.48. The zero-order chi connectivity index (χ0) is 13.0. The summed E-state index contributed by atoms with van der Waals surface area (Å²) in [6.07, 6.45) is 3.84. The van der Waals surface area contributed by atoms with Crippen molar-refractivity contribution in [2.24, 2.45) is 5.73 Å². The third kappa shape index (κ3) is 3.05. The molecular formula is C14H30N4. The van der Waals surface area contributed by atoms with Gasteiger partial charge in [0, 0.05) is 38.3 Å². The van der Waals surface area contributed by atoms with E-state index in [9.17, 15) is 0 Å². The molecule has 2 saturated heterocycles. The lowest BCUT2D eigenvalue weighted by Gasteiger charge is -2.46. The Morgan fingerprint density at radius 1 is 1.00 bits per heavy atom. The molecule has 0 bridgehead atoms. The monoisotopic (exact) mass is 254 g/mol. The largest absolute Gasteiger partial charge is 0.329 e. The van der Waals surface area contributed by atoms with Gasteiger partial charge >= 0.3 is 0 Å². The molecule has 2 heterocycles. The van der Waals surface area contributed by atoms with Crippen molar-refractivity contribution in [1.82, 2.24) is 14.7 Å². The molecule has 2 rings (SSSR count). The maximum atomic E-state index is 6.19. The lowest BCUT2D eigenvalue weighted by Crippen LogP contribution is -2.60. The molecule has 18 heavy (non-hydrogen) atoms. The Labute approximate surface area is 112 Å². The molecule has 0 aromatic heterocycles. The first-order valence-electron chi connectivity index (χ1n) is 7.56. The van der Waals surface area contributed by atoms with Gasteiger partial charge in [-0.15, -0.1) is 0 Å². The highest BCUT2D eigenvalue weighted by molar-refractivity contribution is 4.96. The fraction of sp³-hybridized carbons (Fsp3) is 1.00. The van der Waals surface area contributed by atoms with Crippen LogP contribution in [0.2, 0.25) is 0 Å². The van der Waals surface area contributed by atoms with Crippen molar-refractivity contribution in [2.75, 3.05) is 59.4 Å². The molecule has 1 atom stereocenters. The van der Waals surface area contributed by atoms with Gasteiger partial charge in [-0.2, -0.15) is 0 Å². The van der Waals surface area contributed by atoms with E-state index in [0.29, 0.717) is 0 Å². The number of hydrogen-bond donors (Lipinski definition) is 1. The zero-order valence-corrected chi connectivity index (χ0v) is 12.2. The van der Waals surface area contributed by atoms with Gasteiger partial charge in [-0.3, -0.25) is 4.90 Å². The summed E-state index contributed by atoms with van der Waals surface area (Å²) in [5.74, 6) is 0. The first kappa shape index (κ1) is 14.3. The van der Waals surface area contributed by atoms with Crippen LogP contribution in [0.1, 0.15) is 26.2 Å². The lowest BCUT2D eigenvalue weighted by molar-refractivity contribution is 0.0342. The summed E-state index contributed by atoms with van der Waals surface area (Å²) in [6, 6.07) is 0. The summed E-state index contributed by atoms with van der Waals surface area (Å²) in [5, 5.41) is 0. The summed E-state index contributed by atoms with van der Waals surface area (Å²) in [5.41, 5.74) is 6.47. The van der Waals surface area contributed by atoms with Crippen LogP contribution in [0.3, 0.4) is 0 Å². The minimum absolute atomic E-state index is 0.283. The molecular weight excluding hydrogens is 224 g/mol. The number of nitrogens with two attached hydrogens (primary N) is 1.